The summed E-state index contributed by atoms with van der Waals surface area (Å²) >= 11 is 1.47. The Hall–Kier alpha value is -1.03. The van der Waals surface area contributed by atoms with Crippen LogP contribution in [0.3, 0.4) is 0 Å². The van der Waals surface area contributed by atoms with E-state index >= 15 is 0 Å². The van der Waals surface area contributed by atoms with Crippen molar-refractivity contribution in [2.24, 2.45) is 0 Å². The number of halogens is 2. The van der Waals surface area contributed by atoms with E-state index in [4.69, 9.17) is 0 Å². The Balaban J connectivity index is 2.98. The summed E-state index contributed by atoms with van der Waals surface area (Å²) < 4.78 is 28.2. The lowest BCUT2D eigenvalue weighted by atomic mass is 10.2. The van der Waals surface area contributed by atoms with E-state index in [0.717, 1.165) is 10.5 Å². The molecule has 0 bridgehead atoms. The summed E-state index contributed by atoms with van der Waals surface area (Å²) in [4.78, 5) is 0.873. The van der Waals surface area contributed by atoms with Crippen molar-refractivity contribution in [3.8, 4) is 5.75 Å². The Morgan fingerprint density at radius 2 is 2.14 bits per heavy atom. The highest BCUT2D eigenvalue weighted by molar-refractivity contribution is 7.98. The van der Waals surface area contributed by atoms with Gasteiger partial charge in [-0.05, 0) is 30.0 Å². The predicted molar refractivity (Wildman–Crippen MR) is 54.9 cm³/mol. The maximum Gasteiger partial charge on any atom is 0.387 e. The Morgan fingerprint density at radius 3 is 2.64 bits per heavy atom. The fraction of sp³-hybridized carbons (Fsp3) is 0.200. The molecule has 1 aromatic rings. The molecule has 1 aromatic carbocycles. The standard InChI is InChI=1S/C10H10F2OS/c1-3-7-4-8(13-10(11)12)6-9(5-7)14-2/h3-6,10H,1H2,2H3. The fourth-order valence-corrected chi connectivity index (χ4v) is 1.49. The molecule has 0 fully saturated rings. The highest BCUT2D eigenvalue weighted by Crippen LogP contribution is 2.25. The fourth-order valence-electron chi connectivity index (χ4n) is 1.00. The van der Waals surface area contributed by atoms with E-state index in [1.165, 1.54) is 17.8 Å². The van der Waals surface area contributed by atoms with Crippen molar-refractivity contribution in [3.05, 3.63) is 30.3 Å². The van der Waals surface area contributed by atoms with Gasteiger partial charge < -0.3 is 4.74 Å². The molecule has 0 unspecified atom stereocenters. The predicted octanol–water partition coefficient (Wildman–Crippen LogP) is 3.65. The first-order valence-electron chi connectivity index (χ1n) is 3.92. The Labute approximate surface area is 85.8 Å². The van der Waals surface area contributed by atoms with Crippen LogP contribution >= 0.6 is 11.8 Å². The minimum absolute atomic E-state index is 0.168. The van der Waals surface area contributed by atoms with Crippen LogP contribution in [0.2, 0.25) is 0 Å². The van der Waals surface area contributed by atoms with Crippen molar-refractivity contribution >= 4 is 17.8 Å². The van der Waals surface area contributed by atoms with Crippen molar-refractivity contribution in [2.45, 2.75) is 11.5 Å². The highest BCUT2D eigenvalue weighted by Gasteiger charge is 2.05. The molecule has 1 nitrogen and oxygen atoms in total. The SMILES string of the molecule is C=Cc1cc(OC(F)F)cc(SC)c1. The van der Waals surface area contributed by atoms with E-state index in [2.05, 4.69) is 11.3 Å². The third-order valence-corrected chi connectivity index (χ3v) is 2.31. The van der Waals surface area contributed by atoms with Crippen LogP contribution in [0.1, 0.15) is 5.56 Å². The summed E-state index contributed by atoms with van der Waals surface area (Å²) in [5.74, 6) is 0.168. The number of hydrogen-bond donors (Lipinski definition) is 0. The van der Waals surface area contributed by atoms with E-state index in [1.807, 2.05) is 12.3 Å². The van der Waals surface area contributed by atoms with Gasteiger partial charge in [0.05, 0.1) is 0 Å². The highest BCUT2D eigenvalue weighted by atomic mass is 32.2. The number of rotatable bonds is 4. The topological polar surface area (TPSA) is 9.23 Å². The molecular formula is C10H10F2OS. The smallest absolute Gasteiger partial charge is 0.387 e. The van der Waals surface area contributed by atoms with E-state index in [9.17, 15) is 8.78 Å². The molecule has 0 atom stereocenters. The number of thioether (sulfide) groups is 1. The first-order chi connectivity index (χ1) is 6.65. The van der Waals surface area contributed by atoms with Gasteiger partial charge in [-0.3, -0.25) is 0 Å². The molecular weight excluding hydrogens is 206 g/mol. The van der Waals surface area contributed by atoms with Gasteiger partial charge in [0, 0.05) is 4.90 Å². The Bertz CT molecular complexity index is 326. The number of ether oxygens (including phenoxy) is 1. The monoisotopic (exact) mass is 216 g/mol. The van der Waals surface area contributed by atoms with E-state index in [0.29, 0.717) is 0 Å². The van der Waals surface area contributed by atoms with E-state index < -0.39 is 6.61 Å². The van der Waals surface area contributed by atoms with Crippen molar-refractivity contribution in [1.29, 1.82) is 0 Å². The van der Waals surface area contributed by atoms with Crippen molar-refractivity contribution in [1.82, 2.24) is 0 Å². The largest absolute Gasteiger partial charge is 0.435 e. The molecule has 0 aromatic heterocycles. The number of alkyl halides is 2. The summed E-state index contributed by atoms with van der Waals surface area (Å²) in [7, 11) is 0. The minimum atomic E-state index is -2.79. The molecule has 76 valence electrons. The Kier molecular flexibility index (Phi) is 3.95. The van der Waals surface area contributed by atoms with Crippen LogP contribution in [0.4, 0.5) is 8.78 Å². The van der Waals surface area contributed by atoms with E-state index in [1.54, 1.807) is 12.1 Å². The summed E-state index contributed by atoms with van der Waals surface area (Å²) in [6, 6.07) is 4.96. The zero-order valence-electron chi connectivity index (χ0n) is 7.67. The molecule has 0 heterocycles. The molecule has 0 amide bonds. The van der Waals surface area contributed by atoms with Crippen LogP contribution in [0.5, 0.6) is 5.75 Å². The molecule has 1 rings (SSSR count). The van der Waals surface area contributed by atoms with Gasteiger partial charge in [0.15, 0.2) is 0 Å². The maximum atomic E-state index is 11.9. The molecule has 0 N–H and O–H groups in total. The molecule has 4 heteroatoms. The molecule has 0 aliphatic carbocycles. The zero-order chi connectivity index (χ0) is 10.6. The lowest BCUT2D eigenvalue weighted by Gasteiger charge is -2.07. The van der Waals surface area contributed by atoms with Crippen molar-refractivity contribution in [3.63, 3.8) is 0 Å². The molecule has 0 aliphatic heterocycles. The van der Waals surface area contributed by atoms with Gasteiger partial charge in [-0.15, -0.1) is 11.8 Å². The van der Waals surface area contributed by atoms with Gasteiger partial charge in [-0.1, -0.05) is 12.7 Å². The molecule has 0 radical (unpaired) electrons. The third-order valence-electron chi connectivity index (χ3n) is 1.60. The van der Waals surface area contributed by atoms with E-state index in [-0.39, 0.29) is 5.75 Å². The molecule has 0 aliphatic rings. The normalized spacial score (nSPS) is 10.3. The zero-order valence-corrected chi connectivity index (χ0v) is 8.48. The van der Waals surface area contributed by atoms with Gasteiger partial charge in [0.1, 0.15) is 5.75 Å². The second-order valence-corrected chi connectivity index (χ2v) is 3.40. The average molecular weight is 216 g/mol. The second kappa shape index (κ2) is 5.00. The van der Waals surface area contributed by atoms with Crippen LogP contribution in [-0.4, -0.2) is 12.9 Å². The van der Waals surface area contributed by atoms with Crippen LogP contribution in [0.25, 0.3) is 6.08 Å². The number of hydrogen-bond acceptors (Lipinski definition) is 2. The summed E-state index contributed by atoms with van der Waals surface area (Å²) in [6.45, 7) is 0.787. The van der Waals surface area contributed by atoms with Gasteiger partial charge in [0.2, 0.25) is 0 Å². The first kappa shape index (κ1) is 11.0. The summed E-state index contributed by atoms with van der Waals surface area (Å²) in [6.07, 6.45) is 3.46. The van der Waals surface area contributed by atoms with Gasteiger partial charge >= 0.3 is 6.61 Å². The first-order valence-corrected chi connectivity index (χ1v) is 5.14. The molecule has 0 saturated carbocycles. The summed E-state index contributed by atoms with van der Waals surface area (Å²) in [5.41, 5.74) is 0.771. The van der Waals surface area contributed by atoms with Gasteiger partial charge in [-0.2, -0.15) is 8.78 Å². The van der Waals surface area contributed by atoms with Crippen molar-refractivity contribution in [2.75, 3.05) is 6.26 Å². The van der Waals surface area contributed by atoms with Gasteiger partial charge in [0.25, 0.3) is 0 Å². The van der Waals surface area contributed by atoms with Crippen LogP contribution in [-0.2, 0) is 0 Å². The van der Waals surface area contributed by atoms with Crippen LogP contribution in [0.15, 0.2) is 29.7 Å². The lowest BCUT2D eigenvalue weighted by Crippen LogP contribution is -2.01. The maximum absolute atomic E-state index is 11.9. The molecule has 0 saturated heterocycles. The molecule has 0 spiro atoms. The van der Waals surface area contributed by atoms with Gasteiger partial charge in [-0.25, -0.2) is 0 Å². The summed E-state index contributed by atoms with van der Waals surface area (Å²) in [5, 5.41) is 0. The number of benzene rings is 1. The van der Waals surface area contributed by atoms with Crippen molar-refractivity contribution < 1.29 is 13.5 Å². The minimum Gasteiger partial charge on any atom is -0.435 e. The quantitative estimate of drug-likeness (QED) is 0.710. The Morgan fingerprint density at radius 1 is 1.43 bits per heavy atom. The second-order valence-electron chi connectivity index (χ2n) is 2.52. The van der Waals surface area contributed by atoms with Crippen LogP contribution < -0.4 is 4.74 Å². The third kappa shape index (κ3) is 3.03. The lowest BCUT2D eigenvalue weighted by molar-refractivity contribution is -0.0499. The molecule has 14 heavy (non-hydrogen) atoms. The average Bonchev–Trinajstić information content (AvgIpc) is 2.16. The van der Waals surface area contributed by atoms with Crippen LogP contribution in [0, 0.1) is 0 Å².